The lowest BCUT2D eigenvalue weighted by molar-refractivity contribution is -0.113. The van der Waals surface area contributed by atoms with E-state index in [0.717, 1.165) is 19.5 Å². The van der Waals surface area contributed by atoms with E-state index in [1.807, 2.05) is 48.5 Å². The summed E-state index contributed by atoms with van der Waals surface area (Å²) in [4.78, 5) is 25.8. The van der Waals surface area contributed by atoms with Crippen molar-refractivity contribution in [1.82, 2.24) is 0 Å². The lowest BCUT2D eigenvalue weighted by Gasteiger charge is -2.07. The third-order valence-electron chi connectivity index (χ3n) is 3.41. The first-order valence-electron chi connectivity index (χ1n) is 7.36. The van der Waals surface area contributed by atoms with Crippen molar-refractivity contribution in [2.75, 3.05) is 18.2 Å². The van der Waals surface area contributed by atoms with E-state index in [-0.39, 0.29) is 11.7 Å². The van der Waals surface area contributed by atoms with Gasteiger partial charge < -0.3 is 10.1 Å². The number of fused-ring (bicyclic) bond motifs is 1. The first kappa shape index (κ1) is 18.0. The minimum Gasteiger partial charge on any atom is -0.465 e. The van der Waals surface area contributed by atoms with Crippen LogP contribution in [-0.4, -0.2) is 24.7 Å². The van der Waals surface area contributed by atoms with Crippen molar-refractivity contribution >= 4 is 66.7 Å². The second-order valence-electron chi connectivity index (χ2n) is 5.08. The number of anilines is 1. The number of thiophene rings is 1. The predicted octanol–water partition coefficient (Wildman–Crippen LogP) is 5.18. The number of methoxy groups -OCH3 is 1. The van der Waals surface area contributed by atoms with Crippen molar-refractivity contribution in [3.63, 3.8) is 0 Å². The molecule has 128 valence electrons. The highest BCUT2D eigenvalue weighted by Crippen LogP contribution is 2.36. The summed E-state index contributed by atoms with van der Waals surface area (Å²) in [7, 11) is 1.34. The molecule has 0 unspecified atom stereocenters. The fourth-order valence-corrected chi connectivity index (χ4v) is 4.30. The molecular formula is C18H14BrNO3S2. The fourth-order valence-electron chi connectivity index (χ4n) is 2.26. The third-order valence-corrected chi connectivity index (χ3v) is 6.11. The molecule has 1 amide bonds. The summed E-state index contributed by atoms with van der Waals surface area (Å²) in [6, 6.07) is 15.3. The summed E-state index contributed by atoms with van der Waals surface area (Å²) < 4.78 is 6.76. The summed E-state index contributed by atoms with van der Waals surface area (Å²) in [6.45, 7) is 0. The first-order chi connectivity index (χ1) is 12.1. The summed E-state index contributed by atoms with van der Waals surface area (Å²) >= 11 is 6.14. The molecule has 4 nitrogen and oxygen atoms in total. The molecule has 0 atom stereocenters. The molecule has 1 N–H and O–H groups in total. The SMILES string of the molecule is COC(=O)c1sc2ccccc2c1NC(=O)CSc1ccc(Br)cc1. The summed E-state index contributed by atoms with van der Waals surface area (Å²) in [5, 5.41) is 3.71. The van der Waals surface area contributed by atoms with E-state index in [0.29, 0.717) is 10.6 Å². The molecule has 0 aliphatic carbocycles. The fraction of sp³-hybridized carbons (Fsp3) is 0.111. The van der Waals surface area contributed by atoms with Gasteiger partial charge in [-0.2, -0.15) is 0 Å². The Kier molecular flexibility index (Phi) is 5.78. The first-order valence-corrected chi connectivity index (χ1v) is 9.96. The Hall–Kier alpha value is -1.83. The van der Waals surface area contributed by atoms with E-state index >= 15 is 0 Å². The predicted molar refractivity (Wildman–Crippen MR) is 107 cm³/mol. The number of halogens is 1. The molecule has 3 aromatic rings. The number of nitrogens with one attached hydrogen (secondary N) is 1. The minimum atomic E-state index is -0.447. The van der Waals surface area contributed by atoms with Crippen LogP contribution in [0.25, 0.3) is 10.1 Å². The minimum absolute atomic E-state index is 0.165. The number of hydrogen-bond acceptors (Lipinski definition) is 5. The second-order valence-corrected chi connectivity index (χ2v) is 8.10. The quantitative estimate of drug-likeness (QED) is 0.442. The molecule has 0 saturated heterocycles. The molecule has 0 radical (unpaired) electrons. The monoisotopic (exact) mass is 435 g/mol. The van der Waals surface area contributed by atoms with Crippen molar-refractivity contribution in [3.05, 3.63) is 57.9 Å². The average Bonchev–Trinajstić information content (AvgIpc) is 2.99. The van der Waals surface area contributed by atoms with Crippen LogP contribution in [-0.2, 0) is 9.53 Å². The number of carbonyl (C=O) groups is 2. The van der Waals surface area contributed by atoms with Gasteiger partial charge in [0.25, 0.3) is 0 Å². The van der Waals surface area contributed by atoms with Gasteiger partial charge in [0.2, 0.25) is 5.91 Å². The Bertz CT molecular complexity index is 922. The number of carbonyl (C=O) groups excluding carboxylic acids is 2. The largest absolute Gasteiger partial charge is 0.465 e. The molecule has 0 spiro atoms. The van der Waals surface area contributed by atoms with Gasteiger partial charge in [0.1, 0.15) is 4.88 Å². The van der Waals surface area contributed by atoms with E-state index in [4.69, 9.17) is 4.74 Å². The Balaban J connectivity index is 1.78. The van der Waals surface area contributed by atoms with E-state index in [9.17, 15) is 9.59 Å². The maximum absolute atomic E-state index is 12.4. The average molecular weight is 436 g/mol. The molecule has 7 heteroatoms. The Labute approximate surface area is 161 Å². The molecule has 2 aromatic carbocycles. The van der Waals surface area contributed by atoms with Crippen LogP contribution >= 0.6 is 39.0 Å². The number of benzene rings is 2. The molecule has 0 fully saturated rings. The topological polar surface area (TPSA) is 55.4 Å². The molecule has 1 aromatic heterocycles. The van der Waals surface area contributed by atoms with Crippen LogP contribution < -0.4 is 5.32 Å². The zero-order valence-corrected chi connectivity index (χ0v) is 16.5. The van der Waals surface area contributed by atoms with Gasteiger partial charge in [0.15, 0.2) is 0 Å². The van der Waals surface area contributed by atoms with Gasteiger partial charge in [-0.3, -0.25) is 4.79 Å². The Morgan fingerprint density at radius 1 is 1.16 bits per heavy atom. The van der Waals surface area contributed by atoms with Gasteiger partial charge >= 0.3 is 5.97 Å². The van der Waals surface area contributed by atoms with Gasteiger partial charge in [-0.25, -0.2) is 4.79 Å². The van der Waals surface area contributed by atoms with Crippen LogP contribution in [0.15, 0.2) is 57.9 Å². The van der Waals surface area contributed by atoms with Gasteiger partial charge in [0, 0.05) is 19.5 Å². The van der Waals surface area contributed by atoms with Gasteiger partial charge in [-0.1, -0.05) is 34.1 Å². The molecule has 1 heterocycles. The lowest BCUT2D eigenvalue weighted by Crippen LogP contribution is -2.16. The molecule has 0 aliphatic rings. The zero-order chi connectivity index (χ0) is 17.8. The van der Waals surface area contributed by atoms with Gasteiger partial charge in [0.05, 0.1) is 18.6 Å². The highest BCUT2D eigenvalue weighted by Gasteiger charge is 2.20. The van der Waals surface area contributed by atoms with Crippen molar-refractivity contribution in [2.45, 2.75) is 4.90 Å². The van der Waals surface area contributed by atoms with E-state index < -0.39 is 5.97 Å². The highest BCUT2D eigenvalue weighted by molar-refractivity contribution is 9.10. The van der Waals surface area contributed by atoms with Crippen molar-refractivity contribution in [1.29, 1.82) is 0 Å². The normalized spacial score (nSPS) is 10.6. The smallest absolute Gasteiger partial charge is 0.350 e. The standard InChI is InChI=1S/C18H14BrNO3S2/c1-23-18(22)17-16(13-4-2-3-5-14(13)25-17)20-15(21)10-24-12-8-6-11(19)7-9-12/h2-9H,10H2,1H3,(H,20,21). The zero-order valence-electron chi connectivity index (χ0n) is 13.2. The van der Waals surface area contributed by atoms with E-state index in [1.54, 1.807) is 0 Å². The van der Waals surface area contributed by atoms with Crippen LogP contribution in [0.2, 0.25) is 0 Å². The number of hydrogen-bond donors (Lipinski definition) is 1. The summed E-state index contributed by atoms with van der Waals surface area (Å²) in [5.74, 6) is -0.356. The van der Waals surface area contributed by atoms with Crippen molar-refractivity contribution in [2.24, 2.45) is 0 Å². The van der Waals surface area contributed by atoms with E-state index in [1.165, 1.54) is 30.2 Å². The number of esters is 1. The van der Waals surface area contributed by atoms with Crippen LogP contribution in [0.5, 0.6) is 0 Å². The maximum atomic E-state index is 12.4. The molecule has 0 bridgehead atoms. The van der Waals surface area contributed by atoms with Crippen LogP contribution in [0.4, 0.5) is 5.69 Å². The van der Waals surface area contributed by atoms with Crippen LogP contribution in [0.1, 0.15) is 9.67 Å². The molecular weight excluding hydrogens is 422 g/mol. The highest BCUT2D eigenvalue weighted by atomic mass is 79.9. The van der Waals surface area contributed by atoms with Crippen molar-refractivity contribution < 1.29 is 14.3 Å². The molecule has 3 rings (SSSR count). The second kappa shape index (κ2) is 8.03. The molecule has 25 heavy (non-hydrogen) atoms. The molecule has 0 aliphatic heterocycles. The number of rotatable bonds is 5. The summed E-state index contributed by atoms with van der Waals surface area (Å²) in [6.07, 6.45) is 0. The van der Waals surface area contributed by atoms with Gasteiger partial charge in [-0.05, 0) is 30.3 Å². The van der Waals surface area contributed by atoms with Gasteiger partial charge in [-0.15, -0.1) is 23.1 Å². The molecule has 0 saturated carbocycles. The van der Waals surface area contributed by atoms with Crippen LogP contribution in [0, 0.1) is 0 Å². The lowest BCUT2D eigenvalue weighted by atomic mass is 10.2. The number of amides is 1. The van der Waals surface area contributed by atoms with E-state index in [2.05, 4.69) is 21.2 Å². The maximum Gasteiger partial charge on any atom is 0.350 e. The van der Waals surface area contributed by atoms with Crippen molar-refractivity contribution in [3.8, 4) is 0 Å². The number of ether oxygens (including phenoxy) is 1. The Morgan fingerprint density at radius 2 is 1.88 bits per heavy atom. The Morgan fingerprint density at radius 3 is 2.60 bits per heavy atom. The van der Waals surface area contributed by atoms with Crippen LogP contribution in [0.3, 0.4) is 0 Å². The third kappa shape index (κ3) is 4.23. The number of thioether (sulfide) groups is 1. The summed E-state index contributed by atoms with van der Waals surface area (Å²) in [5.41, 5.74) is 0.522.